The summed E-state index contributed by atoms with van der Waals surface area (Å²) in [4.78, 5) is 24.2. The number of hydrogen-bond donors (Lipinski definition) is 2. The fourth-order valence-electron chi connectivity index (χ4n) is 1.94. The number of benzene rings is 1. The van der Waals surface area contributed by atoms with Crippen molar-refractivity contribution >= 4 is 23.1 Å². The third kappa shape index (κ3) is 2.35. The molecular weight excluding hydrogens is 310 g/mol. The molecule has 1 heterocycles. The first-order chi connectivity index (χ1) is 10.4. The van der Waals surface area contributed by atoms with Crippen LogP contribution in [-0.2, 0) is 0 Å². The first-order valence-corrected chi connectivity index (χ1v) is 6.08. The second-order valence-electron chi connectivity index (χ2n) is 4.14. The number of nitrogens with zero attached hydrogens (tertiary/aromatic N) is 3. The van der Waals surface area contributed by atoms with Crippen LogP contribution in [0.2, 0.25) is 5.02 Å². The zero-order valence-corrected chi connectivity index (χ0v) is 11.5. The first-order valence-electron chi connectivity index (χ1n) is 5.71. The lowest BCUT2D eigenvalue weighted by Gasteiger charge is -2.09. The van der Waals surface area contributed by atoms with Gasteiger partial charge in [0.15, 0.2) is 0 Å². The summed E-state index contributed by atoms with van der Waals surface area (Å²) in [6.45, 7) is 0. The van der Waals surface area contributed by atoms with Crippen LogP contribution in [0.5, 0.6) is 0 Å². The molecule has 0 fully saturated rings. The molecule has 0 unspecified atom stereocenters. The van der Waals surface area contributed by atoms with E-state index >= 15 is 0 Å². The van der Waals surface area contributed by atoms with E-state index in [-0.39, 0.29) is 33.1 Å². The summed E-state index contributed by atoms with van der Waals surface area (Å²) >= 11 is 5.72. The van der Waals surface area contributed by atoms with Crippen molar-refractivity contribution in [2.45, 2.75) is 0 Å². The summed E-state index contributed by atoms with van der Waals surface area (Å²) in [5, 5.41) is 29.1. The van der Waals surface area contributed by atoms with E-state index in [1.165, 1.54) is 12.1 Å². The lowest BCUT2D eigenvalue weighted by atomic mass is 9.96. The van der Waals surface area contributed by atoms with E-state index in [1.807, 2.05) is 0 Å². The number of anilines is 1. The highest BCUT2D eigenvalue weighted by Gasteiger charge is 2.21. The van der Waals surface area contributed by atoms with Crippen molar-refractivity contribution in [1.29, 1.82) is 10.5 Å². The van der Waals surface area contributed by atoms with Crippen LogP contribution in [0.1, 0.15) is 11.1 Å². The Labute approximate surface area is 128 Å². The Morgan fingerprint density at radius 3 is 2.45 bits per heavy atom. The van der Waals surface area contributed by atoms with Crippen molar-refractivity contribution in [2.24, 2.45) is 0 Å². The molecule has 9 heteroatoms. The van der Waals surface area contributed by atoms with E-state index in [9.17, 15) is 20.2 Å². The van der Waals surface area contributed by atoms with Gasteiger partial charge in [-0.15, -0.1) is 0 Å². The predicted molar refractivity (Wildman–Crippen MR) is 78.0 cm³/mol. The van der Waals surface area contributed by atoms with Gasteiger partial charge in [-0.25, -0.2) is 0 Å². The van der Waals surface area contributed by atoms with Crippen LogP contribution in [0.4, 0.5) is 11.5 Å². The Kier molecular flexibility index (Phi) is 3.80. The van der Waals surface area contributed by atoms with E-state index in [2.05, 4.69) is 4.98 Å². The molecule has 0 aliphatic rings. The second-order valence-corrected chi connectivity index (χ2v) is 4.55. The number of nitro benzene ring substituents is 1. The molecule has 0 bridgehead atoms. The van der Waals surface area contributed by atoms with Gasteiger partial charge in [-0.2, -0.15) is 10.5 Å². The highest BCUT2D eigenvalue weighted by atomic mass is 35.5. The van der Waals surface area contributed by atoms with Gasteiger partial charge >= 0.3 is 0 Å². The molecule has 1 aromatic carbocycles. The predicted octanol–water partition coefficient (Wildman–Crippen LogP) is 1.93. The molecule has 0 amide bonds. The second kappa shape index (κ2) is 5.56. The maximum atomic E-state index is 11.8. The van der Waals surface area contributed by atoms with Crippen molar-refractivity contribution in [3.63, 3.8) is 0 Å². The van der Waals surface area contributed by atoms with Crippen LogP contribution in [0, 0.1) is 32.8 Å². The Morgan fingerprint density at radius 2 is 1.91 bits per heavy atom. The molecule has 0 aliphatic carbocycles. The maximum Gasteiger partial charge on any atom is 0.288 e. The zero-order chi connectivity index (χ0) is 16.4. The standard InChI is InChI=1S/C13H6ClN5O3/c14-9-2-1-6(3-10(9)19(21)22)11-7(4-15)12(17)18-13(20)8(11)5-16/h1-3H,(H3,17,18,20). The number of nitrogens with two attached hydrogens (primary N) is 1. The molecule has 8 nitrogen and oxygen atoms in total. The van der Waals surface area contributed by atoms with E-state index in [0.29, 0.717) is 0 Å². The fraction of sp³-hybridized carbons (Fsp3) is 0. The molecule has 108 valence electrons. The molecule has 0 radical (unpaired) electrons. The third-order valence-electron chi connectivity index (χ3n) is 2.90. The highest BCUT2D eigenvalue weighted by Crippen LogP contribution is 2.33. The number of hydrogen-bond acceptors (Lipinski definition) is 6. The Balaban J connectivity index is 2.92. The molecule has 0 atom stereocenters. The van der Waals surface area contributed by atoms with Crippen molar-refractivity contribution in [3.8, 4) is 23.3 Å². The van der Waals surface area contributed by atoms with Crippen molar-refractivity contribution < 1.29 is 4.92 Å². The Morgan fingerprint density at radius 1 is 1.27 bits per heavy atom. The summed E-state index contributed by atoms with van der Waals surface area (Å²) < 4.78 is 0. The molecule has 0 aliphatic heterocycles. The van der Waals surface area contributed by atoms with Crippen molar-refractivity contribution in [1.82, 2.24) is 4.98 Å². The normalized spacial score (nSPS) is 9.77. The molecule has 0 saturated carbocycles. The minimum Gasteiger partial charge on any atom is -0.384 e. The Bertz CT molecular complexity index is 936. The number of nitrogen functional groups attached to an aromatic ring is 1. The largest absolute Gasteiger partial charge is 0.384 e. The summed E-state index contributed by atoms with van der Waals surface area (Å²) in [6, 6.07) is 7.15. The molecule has 0 spiro atoms. The Hall–Kier alpha value is -3.36. The van der Waals surface area contributed by atoms with Crippen LogP contribution in [0.3, 0.4) is 0 Å². The minimum absolute atomic E-state index is 0.0639. The molecule has 3 N–H and O–H groups in total. The van der Waals surface area contributed by atoms with Gasteiger partial charge in [-0.05, 0) is 11.6 Å². The van der Waals surface area contributed by atoms with E-state index in [4.69, 9.17) is 22.6 Å². The molecular formula is C13H6ClN5O3. The average Bonchev–Trinajstić information content (AvgIpc) is 2.47. The van der Waals surface area contributed by atoms with Gasteiger partial charge in [0.2, 0.25) is 0 Å². The summed E-state index contributed by atoms with van der Waals surface area (Å²) in [5.41, 5.74) is 3.94. The third-order valence-corrected chi connectivity index (χ3v) is 3.22. The zero-order valence-electron chi connectivity index (χ0n) is 10.8. The lowest BCUT2D eigenvalue weighted by Crippen LogP contribution is -2.16. The quantitative estimate of drug-likeness (QED) is 0.638. The molecule has 1 aromatic heterocycles. The van der Waals surface area contributed by atoms with Gasteiger partial charge in [0.25, 0.3) is 11.2 Å². The number of aromatic amines is 1. The van der Waals surface area contributed by atoms with Gasteiger partial charge < -0.3 is 10.7 Å². The van der Waals surface area contributed by atoms with Crippen molar-refractivity contribution in [3.05, 3.63) is 54.8 Å². The topological polar surface area (TPSA) is 150 Å². The van der Waals surface area contributed by atoms with Gasteiger partial charge in [-0.3, -0.25) is 14.9 Å². The molecule has 22 heavy (non-hydrogen) atoms. The van der Waals surface area contributed by atoms with Gasteiger partial charge in [0, 0.05) is 11.6 Å². The minimum atomic E-state index is -0.786. The van der Waals surface area contributed by atoms with Crippen LogP contribution in [0.25, 0.3) is 11.1 Å². The van der Waals surface area contributed by atoms with Crippen molar-refractivity contribution in [2.75, 3.05) is 5.73 Å². The number of aromatic nitrogens is 1. The molecule has 2 rings (SSSR count). The number of halogens is 1. The number of nitriles is 2. The first kappa shape index (κ1) is 15.0. The molecule has 2 aromatic rings. The summed E-state index contributed by atoms with van der Waals surface area (Å²) in [5.74, 6) is -0.223. The number of pyridine rings is 1. The average molecular weight is 316 g/mol. The van der Waals surface area contributed by atoms with E-state index in [1.54, 1.807) is 12.1 Å². The number of H-pyrrole nitrogens is 1. The smallest absolute Gasteiger partial charge is 0.288 e. The number of nitrogens with one attached hydrogen (secondary N) is 1. The van der Waals surface area contributed by atoms with Crippen LogP contribution in [0.15, 0.2) is 23.0 Å². The van der Waals surface area contributed by atoms with Crippen LogP contribution in [-0.4, -0.2) is 9.91 Å². The highest BCUT2D eigenvalue weighted by molar-refractivity contribution is 6.32. The number of rotatable bonds is 2. The monoisotopic (exact) mass is 315 g/mol. The van der Waals surface area contributed by atoms with Crippen LogP contribution < -0.4 is 11.3 Å². The number of nitro groups is 1. The van der Waals surface area contributed by atoms with E-state index in [0.717, 1.165) is 6.07 Å². The van der Waals surface area contributed by atoms with Crippen LogP contribution >= 0.6 is 11.6 Å². The maximum absolute atomic E-state index is 11.8. The fourth-order valence-corrected chi connectivity index (χ4v) is 2.13. The summed E-state index contributed by atoms with van der Waals surface area (Å²) in [6.07, 6.45) is 0. The van der Waals surface area contributed by atoms with Gasteiger partial charge in [0.1, 0.15) is 34.1 Å². The summed E-state index contributed by atoms with van der Waals surface area (Å²) in [7, 11) is 0. The molecule has 0 saturated heterocycles. The van der Waals surface area contributed by atoms with Gasteiger partial charge in [-0.1, -0.05) is 17.7 Å². The lowest BCUT2D eigenvalue weighted by molar-refractivity contribution is -0.384. The van der Waals surface area contributed by atoms with Gasteiger partial charge in [0.05, 0.1) is 4.92 Å². The van der Waals surface area contributed by atoms with E-state index < -0.39 is 16.2 Å². The SMILES string of the molecule is N#Cc1c(N)[nH]c(=O)c(C#N)c1-c1ccc(Cl)c([N+](=O)[O-])c1.